The van der Waals surface area contributed by atoms with Crippen molar-refractivity contribution >= 4 is 29.2 Å². The van der Waals surface area contributed by atoms with Gasteiger partial charge in [-0.15, -0.1) is 0 Å². The molecule has 1 fully saturated rings. The van der Waals surface area contributed by atoms with Crippen LogP contribution in [0.25, 0.3) is 5.57 Å². The maximum Gasteiger partial charge on any atom is 0.229 e. The van der Waals surface area contributed by atoms with Gasteiger partial charge in [0, 0.05) is 36.3 Å². The van der Waals surface area contributed by atoms with E-state index in [1.54, 1.807) is 7.11 Å². The molecule has 2 aliphatic rings. The highest BCUT2D eigenvalue weighted by Gasteiger charge is 2.21. The van der Waals surface area contributed by atoms with E-state index in [-0.39, 0.29) is 0 Å². The largest absolute Gasteiger partial charge is 0.497 e. The molecule has 1 aromatic heterocycles. The average Bonchev–Trinajstić information content (AvgIpc) is 3.16. The highest BCUT2D eigenvalue weighted by atomic mass is 16.5. The Morgan fingerprint density at radius 3 is 2.64 bits per heavy atom. The first-order valence-electron chi connectivity index (χ1n) is 9.67. The highest BCUT2D eigenvalue weighted by molar-refractivity contribution is 6.11. The number of nitrogens with two attached hydrogens (primary N) is 1. The maximum atomic E-state index is 5.21. The van der Waals surface area contributed by atoms with Gasteiger partial charge in [0.05, 0.1) is 39.0 Å². The third kappa shape index (κ3) is 4.29. The predicted molar refractivity (Wildman–Crippen MR) is 110 cm³/mol. The monoisotopic (exact) mass is 381 g/mol. The van der Waals surface area contributed by atoms with Crippen molar-refractivity contribution < 1.29 is 15.1 Å². The van der Waals surface area contributed by atoms with Crippen LogP contribution in [0.4, 0.5) is 17.5 Å². The van der Waals surface area contributed by atoms with Crippen LogP contribution in [0.3, 0.4) is 0 Å². The summed E-state index contributed by atoms with van der Waals surface area (Å²) in [4.78, 5) is 9.32. The number of anilines is 3. The maximum absolute atomic E-state index is 5.21. The van der Waals surface area contributed by atoms with Crippen molar-refractivity contribution in [2.24, 2.45) is 5.10 Å². The van der Waals surface area contributed by atoms with Gasteiger partial charge in [-0.3, -0.25) is 0 Å². The van der Waals surface area contributed by atoms with Gasteiger partial charge in [-0.1, -0.05) is 5.10 Å². The Morgan fingerprint density at radius 1 is 1.18 bits per heavy atom. The molecule has 0 spiro atoms. The van der Waals surface area contributed by atoms with Gasteiger partial charge in [0.2, 0.25) is 5.95 Å². The number of benzene rings is 1. The molecule has 28 heavy (non-hydrogen) atoms. The summed E-state index contributed by atoms with van der Waals surface area (Å²) in [6, 6.07) is 8.14. The molecule has 0 aliphatic carbocycles. The van der Waals surface area contributed by atoms with Crippen molar-refractivity contribution in [3.8, 4) is 5.75 Å². The lowest BCUT2D eigenvalue weighted by atomic mass is 10.1. The van der Waals surface area contributed by atoms with Crippen molar-refractivity contribution in [2.75, 3.05) is 37.9 Å². The van der Waals surface area contributed by atoms with E-state index >= 15 is 0 Å². The molecule has 0 radical (unpaired) electrons. The molecule has 3 heterocycles. The van der Waals surface area contributed by atoms with Crippen LogP contribution in [0.2, 0.25) is 0 Å². The first kappa shape index (κ1) is 18.4. The number of ether oxygens (including phenoxy) is 1. The van der Waals surface area contributed by atoms with E-state index in [2.05, 4.69) is 32.2 Å². The van der Waals surface area contributed by atoms with Gasteiger partial charge in [0.25, 0.3) is 0 Å². The van der Waals surface area contributed by atoms with Gasteiger partial charge in [0.15, 0.2) is 0 Å². The summed E-state index contributed by atoms with van der Waals surface area (Å²) in [7, 11) is 3.65. The molecule has 1 aromatic carbocycles. The molecular formula is C20H27N7O+2. The van der Waals surface area contributed by atoms with E-state index in [9.17, 15) is 0 Å². The molecular weight excluding hydrogens is 354 g/mol. The molecule has 8 heteroatoms. The van der Waals surface area contributed by atoms with Crippen LogP contribution in [-0.2, 0) is 0 Å². The van der Waals surface area contributed by atoms with Gasteiger partial charge in [-0.25, -0.2) is 4.98 Å². The van der Waals surface area contributed by atoms with Crippen LogP contribution < -0.4 is 25.7 Å². The van der Waals surface area contributed by atoms with Gasteiger partial charge < -0.3 is 20.7 Å². The van der Waals surface area contributed by atoms with E-state index in [1.807, 2.05) is 43.7 Å². The van der Waals surface area contributed by atoms with Crippen molar-refractivity contribution in [1.29, 1.82) is 0 Å². The fraction of sp³-hybridized carbons (Fsp3) is 0.350. The van der Waals surface area contributed by atoms with Crippen LogP contribution in [0.1, 0.15) is 18.4 Å². The summed E-state index contributed by atoms with van der Waals surface area (Å²) >= 11 is 0. The van der Waals surface area contributed by atoms with Crippen molar-refractivity contribution in [3.63, 3.8) is 0 Å². The molecule has 4 rings (SSSR count). The van der Waals surface area contributed by atoms with Crippen LogP contribution >= 0.6 is 0 Å². The molecule has 146 valence electrons. The van der Waals surface area contributed by atoms with E-state index in [0.29, 0.717) is 12.0 Å². The molecule has 1 unspecified atom stereocenters. The molecule has 1 atom stereocenters. The van der Waals surface area contributed by atoms with E-state index in [1.165, 1.54) is 0 Å². The summed E-state index contributed by atoms with van der Waals surface area (Å²) in [6.07, 6.45) is 8.07. The standard InChI is InChI=1S/C20H25N7O/c1-27-13-14(11-23-27)18-12-22-20(25-15-3-5-17(28-2)6-4-15)26-19(18)24-16-7-9-21-10-8-16/h3-6,11-13,16,21H,7-10H2,1-2H3,(H2,22,24,25,26)/p+2. The summed E-state index contributed by atoms with van der Waals surface area (Å²) in [5.74, 6) is 2.23. The van der Waals surface area contributed by atoms with Gasteiger partial charge in [-0.2, -0.15) is 9.99 Å². The van der Waals surface area contributed by atoms with Gasteiger partial charge in [0.1, 0.15) is 17.8 Å². The molecule has 0 bridgehead atoms. The Hall–Kier alpha value is -2.97. The van der Waals surface area contributed by atoms with Crippen molar-refractivity contribution in [2.45, 2.75) is 18.9 Å². The smallest absolute Gasteiger partial charge is 0.229 e. The Labute approximate surface area is 164 Å². The first-order valence-corrected chi connectivity index (χ1v) is 9.67. The second kappa shape index (κ2) is 8.37. The predicted octanol–water partition coefficient (Wildman–Crippen LogP) is 0.222. The molecule has 0 saturated carbocycles. The molecule has 2 aromatic rings. The third-order valence-corrected chi connectivity index (χ3v) is 5.00. The first-order chi connectivity index (χ1) is 13.7. The number of piperidine rings is 1. The molecule has 1 saturated heterocycles. The Balaban J connectivity index is 1.59. The minimum atomic E-state index is 0.427. The number of hydrogen-bond acceptors (Lipinski definition) is 6. The fourth-order valence-electron chi connectivity index (χ4n) is 3.45. The third-order valence-electron chi connectivity index (χ3n) is 5.00. The Bertz CT molecular complexity index is 873. The summed E-state index contributed by atoms with van der Waals surface area (Å²) in [5.41, 5.74) is 2.94. The molecule has 0 amide bonds. The number of hydrogen-bond donors (Lipinski definition) is 4. The fourth-order valence-corrected chi connectivity index (χ4v) is 3.45. The zero-order valence-electron chi connectivity index (χ0n) is 16.3. The van der Waals surface area contributed by atoms with E-state index in [0.717, 1.165) is 59.3 Å². The summed E-state index contributed by atoms with van der Waals surface area (Å²) < 4.78 is 5.21. The van der Waals surface area contributed by atoms with Crippen LogP contribution in [-0.4, -0.2) is 49.5 Å². The van der Waals surface area contributed by atoms with Crippen molar-refractivity contribution in [3.05, 3.63) is 42.2 Å². The molecule has 5 N–H and O–H groups in total. The zero-order valence-corrected chi connectivity index (χ0v) is 16.3. The van der Waals surface area contributed by atoms with Crippen LogP contribution in [0, 0.1) is 0 Å². The second-order valence-corrected chi connectivity index (χ2v) is 7.09. The number of allylic oxidation sites excluding steroid dienone is 1. The number of methoxy groups -OCH3 is 1. The Kier molecular flexibility index (Phi) is 5.50. The van der Waals surface area contributed by atoms with Gasteiger partial charge >= 0.3 is 0 Å². The summed E-state index contributed by atoms with van der Waals surface area (Å²) in [6.45, 7) is 2.29. The highest BCUT2D eigenvalue weighted by Crippen LogP contribution is 2.25. The number of quaternary nitrogens is 2. The topological polar surface area (TPSA) is 92.5 Å². The van der Waals surface area contributed by atoms with Crippen LogP contribution in [0.15, 0.2) is 41.8 Å². The number of aromatic nitrogens is 2. The minimum absolute atomic E-state index is 0.427. The summed E-state index contributed by atoms with van der Waals surface area (Å²) in [5, 5.41) is 14.6. The Morgan fingerprint density at radius 2 is 1.96 bits per heavy atom. The molecule has 8 nitrogen and oxygen atoms in total. The quantitative estimate of drug-likeness (QED) is 0.575. The van der Waals surface area contributed by atoms with Crippen molar-refractivity contribution in [1.82, 2.24) is 9.97 Å². The lowest BCUT2D eigenvalue weighted by Gasteiger charge is -2.23. The minimum Gasteiger partial charge on any atom is -0.497 e. The number of nitrogens with one attached hydrogen (secondary N) is 3. The van der Waals surface area contributed by atoms with E-state index in [4.69, 9.17) is 9.72 Å². The van der Waals surface area contributed by atoms with E-state index < -0.39 is 0 Å². The number of nitrogens with zero attached hydrogens (tertiary/aromatic N) is 3. The molecule has 2 aliphatic heterocycles. The SMILES string of the molecule is COc1ccc(Nc2ncc(C3=C[NH+](C)N=C3)c(NC3CC[NH2+]CC3)n2)cc1. The van der Waals surface area contributed by atoms with Gasteiger partial charge in [-0.05, 0) is 24.3 Å². The van der Waals surface area contributed by atoms with Crippen LogP contribution in [0.5, 0.6) is 5.75 Å². The lowest BCUT2D eigenvalue weighted by molar-refractivity contribution is -0.828. The second-order valence-electron chi connectivity index (χ2n) is 7.09. The zero-order chi connectivity index (χ0) is 19.3. The average molecular weight is 381 g/mol. The normalized spacial score (nSPS) is 19.4. The number of rotatable bonds is 6. The lowest BCUT2D eigenvalue weighted by Crippen LogP contribution is -2.97.